The summed E-state index contributed by atoms with van der Waals surface area (Å²) in [6, 6.07) is 0. The van der Waals surface area contributed by atoms with E-state index in [1.165, 1.54) is 13.2 Å². The summed E-state index contributed by atoms with van der Waals surface area (Å²) in [6.45, 7) is 2.14. The van der Waals surface area contributed by atoms with E-state index in [0.717, 1.165) is 32.1 Å². The Labute approximate surface area is 158 Å². The molecule has 142 valence electrons. The lowest BCUT2D eigenvalue weighted by atomic mass is 10.2. The molecule has 0 aliphatic carbocycles. The van der Waals surface area contributed by atoms with Crippen LogP contribution in [0.3, 0.4) is 0 Å². The maximum atomic E-state index is 11.5. The van der Waals surface area contributed by atoms with Gasteiger partial charge in [-0.1, -0.05) is 73.8 Å². The molecule has 3 nitrogen and oxygen atoms in total. The highest BCUT2D eigenvalue weighted by Gasteiger charge is 2.02. The Morgan fingerprint density at radius 3 is 1.69 bits per heavy atom. The predicted molar refractivity (Wildman–Crippen MR) is 110 cm³/mol. The molecular weight excluding hydrogens is 324 g/mol. The van der Waals surface area contributed by atoms with Crippen LogP contribution in [0, 0.1) is 0 Å². The lowest BCUT2D eigenvalue weighted by molar-refractivity contribution is -0.141. The zero-order chi connectivity index (χ0) is 19.3. The molecule has 0 radical (unpaired) electrons. The van der Waals surface area contributed by atoms with Gasteiger partial charge in [0, 0.05) is 6.42 Å². The highest BCUT2D eigenvalue weighted by atomic mass is 16.5. The zero-order valence-corrected chi connectivity index (χ0v) is 16.1. The predicted octanol–water partition coefficient (Wildman–Crippen LogP) is 5.82. The van der Waals surface area contributed by atoms with E-state index in [1.54, 1.807) is 6.08 Å². The summed E-state index contributed by atoms with van der Waals surface area (Å²) < 4.78 is 4.49. The Balaban J connectivity index is 3.70. The first-order valence-electron chi connectivity index (χ1n) is 9.23. The molecule has 0 saturated carbocycles. The molecule has 0 saturated heterocycles. The van der Waals surface area contributed by atoms with E-state index in [1.807, 2.05) is 12.2 Å². The standard InChI is InChI=1S/C23H32O3/c1-3-4-5-6-7-8-9-10-11-12-13-14-15-16-17-18-19-22(24)20-21-23(25)26-2/h4-5,7-8,10-11,13-14,16-19H,3,6,9,12,15,20-21H2,1-2H3. The number of carbonyl (C=O) groups excluding carboxylic acids is 2. The molecule has 0 aliphatic heterocycles. The molecule has 0 bridgehead atoms. The van der Waals surface area contributed by atoms with Crippen LogP contribution in [0.15, 0.2) is 72.9 Å². The summed E-state index contributed by atoms with van der Waals surface area (Å²) in [6.07, 6.45) is 29.5. The Kier molecular flexibility index (Phi) is 17.2. The summed E-state index contributed by atoms with van der Waals surface area (Å²) in [5, 5.41) is 0. The van der Waals surface area contributed by atoms with Crippen molar-refractivity contribution in [1.29, 1.82) is 0 Å². The van der Waals surface area contributed by atoms with Gasteiger partial charge in [0.2, 0.25) is 0 Å². The molecule has 0 N–H and O–H groups in total. The third-order valence-corrected chi connectivity index (χ3v) is 3.32. The molecule has 0 aliphatic rings. The second-order valence-electron chi connectivity index (χ2n) is 5.57. The molecule has 0 heterocycles. The van der Waals surface area contributed by atoms with Crippen LogP contribution in [0.25, 0.3) is 0 Å². The molecule has 0 aromatic rings. The quantitative estimate of drug-likeness (QED) is 0.170. The summed E-state index contributed by atoms with van der Waals surface area (Å²) >= 11 is 0. The molecule has 26 heavy (non-hydrogen) atoms. The Morgan fingerprint density at radius 1 is 0.692 bits per heavy atom. The van der Waals surface area contributed by atoms with Crippen molar-refractivity contribution < 1.29 is 14.3 Å². The van der Waals surface area contributed by atoms with Crippen LogP contribution in [0.2, 0.25) is 0 Å². The first kappa shape index (κ1) is 23.6. The molecule has 0 spiro atoms. The summed E-state index contributed by atoms with van der Waals surface area (Å²) in [4.78, 5) is 22.4. The molecule has 0 atom stereocenters. The van der Waals surface area contributed by atoms with Crippen molar-refractivity contribution in [2.75, 3.05) is 7.11 Å². The SMILES string of the molecule is CCC=CCC=CCC=CCC=CCC=CC=CC(=O)CCC(=O)OC. The number of hydrogen-bond acceptors (Lipinski definition) is 3. The second kappa shape index (κ2) is 18.9. The molecule has 0 aromatic heterocycles. The fourth-order valence-corrected chi connectivity index (χ4v) is 1.89. The van der Waals surface area contributed by atoms with Crippen LogP contribution in [-0.4, -0.2) is 18.9 Å². The van der Waals surface area contributed by atoms with Crippen LogP contribution in [0.4, 0.5) is 0 Å². The van der Waals surface area contributed by atoms with Crippen LogP contribution in [0.5, 0.6) is 0 Å². The fraction of sp³-hybridized carbons (Fsp3) is 0.391. The van der Waals surface area contributed by atoms with Crippen LogP contribution >= 0.6 is 0 Å². The highest BCUT2D eigenvalue weighted by Crippen LogP contribution is 1.97. The van der Waals surface area contributed by atoms with E-state index in [-0.39, 0.29) is 24.6 Å². The Morgan fingerprint density at radius 2 is 1.19 bits per heavy atom. The van der Waals surface area contributed by atoms with E-state index >= 15 is 0 Å². The molecule has 3 heteroatoms. The van der Waals surface area contributed by atoms with E-state index in [9.17, 15) is 9.59 Å². The number of ether oxygens (including phenoxy) is 1. The Hall–Kier alpha value is -2.42. The summed E-state index contributed by atoms with van der Waals surface area (Å²) in [5.74, 6) is -0.433. The van der Waals surface area contributed by atoms with Crippen molar-refractivity contribution in [3.63, 3.8) is 0 Å². The number of hydrogen-bond donors (Lipinski definition) is 0. The molecular formula is C23H32O3. The average Bonchev–Trinajstić information content (AvgIpc) is 2.65. The first-order valence-corrected chi connectivity index (χ1v) is 9.23. The van der Waals surface area contributed by atoms with Crippen LogP contribution in [-0.2, 0) is 14.3 Å². The van der Waals surface area contributed by atoms with Crippen molar-refractivity contribution in [3.05, 3.63) is 72.9 Å². The van der Waals surface area contributed by atoms with Gasteiger partial charge in [-0.05, 0) is 38.2 Å². The molecule has 0 amide bonds. The third kappa shape index (κ3) is 17.9. The number of methoxy groups -OCH3 is 1. The third-order valence-electron chi connectivity index (χ3n) is 3.32. The largest absolute Gasteiger partial charge is 0.469 e. The summed E-state index contributed by atoms with van der Waals surface area (Å²) in [7, 11) is 1.32. The second-order valence-corrected chi connectivity index (χ2v) is 5.57. The molecule has 0 unspecified atom stereocenters. The fourth-order valence-electron chi connectivity index (χ4n) is 1.89. The van der Waals surface area contributed by atoms with Gasteiger partial charge in [0.1, 0.15) is 0 Å². The van der Waals surface area contributed by atoms with Gasteiger partial charge in [0.15, 0.2) is 5.78 Å². The van der Waals surface area contributed by atoms with Crippen LogP contribution in [0.1, 0.15) is 51.9 Å². The molecule has 0 fully saturated rings. The Bertz CT molecular complexity index is 546. The van der Waals surface area contributed by atoms with Gasteiger partial charge in [-0.15, -0.1) is 0 Å². The van der Waals surface area contributed by atoms with Gasteiger partial charge < -0.3 is 4.74 Å². The number of carbonyl (C=O) groups is 2. The monoisotopic (exact) mass is 356 g/mol. The van der Waals surface area contributed by atoms with E-state index < -0.39 is 0 Å². The highest BCUT2D eigenvalue weighted by molar-refractivity contribution is 5.91. The van der Waals surface area contributed by atoms with E-state index in [2.05, 4.69) is 60.3 Å². The lowest BCUT2D eigenvalue weighted by Crippen LogP contribution is -2.03. The zero-order valence-electron chi connectivity index (χ0n) is 16.1. The van der Waals surface area contributed by atoms with Gasteiger partial charge in [-0.2, -0.15) is 0 Å². The van der Waals surface area contributed by atoms with Crippen molar-refractivity contribution in [1.82, 2.24) is 0 Å². The minimum absolute atomic E-state index is 0.0730. The maximum Gasteiger partial charge on any atom is 0.305 e. The van der Waals surface area contributed by atoms with Crippen molar-refractivity contribution >= 4 is 11.8 Å². The number of rotatable bonds is 14. The molecule has 0 rings (SSSR count). The van der Waals surface area contributed by atoms with Crippen molar-refractivity contribution in [2.45, 2.75) is 51.9 Å². The van der Waals surface area contributed by atoms with E-state index in [4.69, 9.17) is 0 Å². The lowest BCUT2D eigenvalue weighted by Gasteiger charge is -1.94. The van der Waals surface area contributed by atoms with Gasteiger partial charge in [0.25, 0.3) is 0 Å². The van der Waals surface area contributed by atoms with Crippen LogP contribution < -0.4 is 0 Å². The number of allylic oxidation sites excluding steroid dienone is 12. The molecule has 0 aromatic carbocycles. The van der Waals surface area contributed by atoms with Gasteiger partial charge in [-0.3, -0.25) is 9.59 Å². The first-order chi connectivity index (χ1) is 12.7. The average molecular weight is 357 g/mol. The topological polar surface area (TPSA) is 43.4 Å². The minimum Gasteiger partial charge on any atom is -0.469 e. The van der Waals surface area contributed by atoms with Crippen molar-refractivity contribution in [2.24, 2.45) is 0 Å². The summed E-state index contributed by atoms with van der Waals surface area (Å²) in [5.41, 5.74) is 0. The van der Waals surface area contributed by atoms with Crippen molar-refractivity contribution in [3.8, 4) is 0 Å². The van der Waals surface area contributed by atoms with Gasteiger partial charge in [0.05, 0.1) is 13.5 Å². The number of ketones is 1. The maximum absolute atomic E-state index is 11.5. The normalized spacial score (nSPS) is 12.7. The van der Waals surface area contributed by atoms with Gasteiger partial charge in [-0.25, -0.2) is 0 Å². The number of esters is 1. The smallest absolute Gasteiger partial charge is 0.305 e. The van der Waals surface area contributed by atoms with Gasteiger partial charge >= 0.3 is 5.97 Å². The minimum atomic E-state index is -0.360. The van der Waals surface area contributed by atoms with E-state index in [0.29, 0.717) is 0 Å².